The summed E-state index contributed by atoms with van der Waals surface area (Å²) in [5, 5.41) is 11.7. The summed E-state index contributed by atoms with van der Waals surface area (Å²) >= 11 is 0. The molecule has 122 valence electrons. The van der Waals surface area contributed by atoms with Gasteiger partial charge in [0.2, 0.25) is 5.91 Å². The second-order valence-corrected chi connectivity index (χ2v) is 5.82. The molecular formula is C20H16N4O. The van der Waals surface area contributed by atoms with Crippen molar-refractivity contribution in [1.82, 2.24) is 15.5 Å². The van der Waals surface area contributed by atoms with Crippen LogP contribution in [0.1, 0.15) is 18.2 Å². The molecule has 1 aromatic heterocycles. The number of amidine groups is 1. The molecule has 0 aliphatic carbocycles. The first-order chi connectivity index (χ1) is 12.2. The zero-order valence-corrected chi connectivity index (χ0v) is 13.7. The molecule has 0 unspecified atom stereocenters. The minimum Gasteiger partial charge on any atom is -0.311 e. The van der Waals surface area contributed by atoms with Crippen LogP contribution in [0.5, 0.6) is 0 Å². The normalized spacial score (nSPS) is 12.4. The molecule has 0 atom stereocenters. The van der Waals surface area contributed by atoms with Crippen LogP contribution >= 0.6 is 0 Å². The topological polar surface area (TPSA) is 67.2 Å². The first-order valence-corrected chi connectivity index (χ1v) is 8.07. The van der Waals surface area contributed by atoms with Gasteiger partial charge < -0.3 is 5.32 Å². The smallest absolute Gasteiger partial charge is 0.222 e. The van der Waals surface area contributed by atoms with Crippen LogP contribution in [-0.2, 0) is 11.3 Å². The van der Waals surface area contributed by atoms with E-state index in [-0.39, 0.29) is 5.91 Å². The molecule has 2 heterocycles. The largest absolute Gasteiger partial charge is 0.311 e. The highest BCUT2D eigenvalue weighted by Crippen LogP contribution is 2.36. The van der Waals surface area contributed by atoms with Crippen molar-refractivity contribution in [2.75, 3.05) is 0 Å². The summed E-state index contributed by atoms with van der Waals surface area (Å²) in [6, 6.07) is 20.0. The van der Waals surface area contributed by atoms with Crippen molar-refractivity contribution < 1.29 is 4.79 Å². The van der Waals surface area contributed by atoms with Crippen LogP contribution in [0.25, 0.3) is 22.4 Å². The molecule has 5 nitrogen and oxygen atoms in total. The van der Waals surface area contributed by atoms with Crippen molar-refractivity contribution in [2.45, 2.75) is 13.5 Å². The van der Waals surface area contributed by atoms with Crippen LogP contribution in [0.15, 0.2) is 65.7 Å². The van der Waals surface area contributed by atoms with E-state index in [1.165, 1.54) is 6.92 Å². The predicted molar refractivity (Wildman–Crippen MR) is 97.0 cm³/mol. The van der Waals surface area contributed by atoms with Crippen LogP contribution in [0.2, 0.25) is 0 Å². The molecule has 5 heteroatoms. The molecule has 1 aliphatic rings. The van der Waals surface area contributed by atoms with Crippen molar-refractivity contribution in [3.05, 3.63) is 71.9 Å². The van der Waals surface area contributed by atoms with Gasteiger partial charge in [0.05, 0.1) is 17.8 Å². The van der Waals surface area contributed by atoms with E-state index in [4.69, 9.17) is 0 Å². The molecule has 0 fully saturated rings. The number of carbonyl (C=O) groups is 1. The Hall–Kier alpha value is -3.34. The summed E-state index contributed by atoms with van der Waals surface area (Å²) in [6.07, 6.45) is 0. The summed E-state index contributed by atoms with van der Waals surface area (Å²) < 4.78 is 0. The van der Waals surface area contributed by atoms with E-state index in [1.807, 2.05) is 60.7 Å². The first-order valence-electron chi connectivity index (χ1n) is 8.07. The Bertz CT molecular complexity index is 966. The predicted octanol–water partition coefficient (Wildman–Crippen LogP) is 3.21. The third-order valence-corrected chi connectivity index (χ3v) is 4.07. The van der Waals surface area contributed by atoms with Crippen LogP contribution < -0.4 is 5.32 Å². The van der Waals surface area contributed by atoms with E-state index in [2.05, 4.69) is 20.5 Å². The summed E-state index contributed by atoms with van der Waals surface area (Å²) in [5.41, 5.74) is 5.36. The molecule has 25 heavy (non-hydrogen) atoms. The number of nitrogens with one attached hydrogen (secondary N) is 1. The number of hydrogen-bond acceptors (Lipinski definition) is 4. The summed E-state index contributed by atoms with van der Waals surface area (Å²) in [4.78, 5) is 16.0. The summed E-state index contributed by atoms with van der Waals surface area (Å²) in [7, 11) is 0. The molecule has 0 bridgehead atoms. The Balaban J connectivity index is 1.99. The van der Waals surface area contributed by atoms with Crippen molar-refractivity contribution in [2.24, 2.45) is 4.99 Å². The van der Waals surface area contributed by atoms with Gasteiger partial charge in [-0.1, -0.05) is 60.7 Å². The zero-order valence-electron chi connectivity index (χ0n) is 13.7. The maximum Gasteiger partial charge on any atom is 0.222 e. The fraction of sp³-hybridized carbons (Fsp3) is 0.100. The highest BCUT2D eigenvalue weighted by Gasteiger charge is 2.26. The van der Waals surface area contributed by atoms with Gasteiger partial charge in [-0.3, -0.25) is 9.79 Å². The van der Waals surface area contributed by atoms with Gasteiger partial charge in [0.1, 0.15) is 11.5 Å². The third-order valence-electron chi connectivity index (χ3n) is 4.07. The lowest BCUT2D eigenvalue weighted by molar-refractivity contribution is -0.117. The Morgan fingerprint density at radius 3 is 2.16 bits per heavy atom. The Labute approximate surface area is 145 Å². The van der Waals surface area contributed by atoms with Crippen LogP contribution in [0.4, 0.5) is 0 Å². The van der Waals surface area contributed by atoms with Crippen molar-refractivity contribution in [3.8, 4) is 22.4 Å². The minimum absolute atomic E-state index is 0.149. The summed E-state index contributed by atoms with van der Waals surface area (Å²) in [6.45, 7) is 1.91. The molecule has 0 radical (unpaired) electrons. The van der Waals surface area contributed by atoms with Gasteiger partial charge in [-0.2, -0.15) is 5.10 Å². The van der Waals surface area contributed by atoms with E-state index >= 15 is 0 Å². The van der Waals surface area contributed by atoms with Crippen molar-refractivity contribution in [1.29, 1.82) is 0 Å². The molecule has 0 spiro atoms. The molecule has 1 amide bonds. The monoisotopic (exact) mass is 328 g/mol. The van der Waals surface area contributed by atoms with Gasteiger partial charge in [0.25, 0.3) is 0 Å². The van der Waals surface area contributed by atoms with Gasteiger partial charge in [-0.25, -0.2) is 0 Å². The molecule has 1 aliphatic heterocycles. The molecule has 4 rings (SSSR count). The number of fused-ring (bicyclic) bond motifs is 1. The first kappa shape index (κ1) is 15.2. The molecule has 0 saturated carbocycles. The Kier molecular flexibility index (Phi) is 3.82. The second-order valence-electron chi connectivity index (χ2n) is 5.82. The fourth-order valence-electron chi connectivity index (χ4n) is 3.02. The highest BCUT2D eigenvalue weighted by atomic mass is 16.1. The number of nitrogens with zero attached hydrogens (tertiary/aromatic N) is 3. The number of rotatable bonds is 2. The fourth-order valence-corrected chi connectivity index (χ4v) is 3.02. The van der Waals surface area contributed by atoms with Gasteiger partial charge in [0.15, 0.2) is 0 Å². The van der Waals surface area contributed by atoms with E-state index < -0.39 is 0 Å². The minimum atomic E-state index is -0.149. The highest BCUT2D eigenvalue weighted by molar-refractivity contribution is 6.14. The van der Waals surface area contributed by atoms with E-state index in [0.717, 1.165) is 33.6 Å². The van der Waals surface area contributed by atoms with Gasteiger partial charge in [-0.15, -0.1) is 5.10 Å². The maximum atomic E-state index is 11.6. The maximum absolute atomic E-state index is 11.6. The zero-order chi connectivity index (χ0) is 17.2. The number of aliphatic imine (C=N–C) groups is 1. The van der Waals surface area contributed by atoms with Crippen LogP contribution in [0, 0.1) is 0 Å². The number of amides is 1. The lowest BCUT2D eigenvalue weighted by atomic mass is 9.94. The average Bonchev–Trinajstić information content (AvgIpc) is 3.05. The van der Waals surface area contributed by atoms with Crippen molar-refractivity contribution in [3.63, 3.8) is 0 Å². The van der Waals surface area contributed by atoms with E-state index in [9.17, 15) is 4.79 Å². The lowest BCUT2D eigenvalue weighted by Crippen LogP contribution is -2.28. The Morgan fingerprint density at radius 2 is 1.52 bits per heavy atom. The summed E-state index contributed by atoms with van der Waals surface area (Å²) in [5.74, 6) is 0.414. The third kappa shape index (κ3) is 2.80. The number of aromatic nitrogens is 2. The molecule has 1 N–H and O–H groups in total. The van der Waals surface area contributed by atoms with Crippen LogP contribution in [0.3, 0.4) is 0 Å². The van der Waals surface area contributed by atoms with Crippen molar-refractivity contribution >= 4 is 11.7 Å². The van der Waals surface area contributed by atoms with E-state index in [0.29, 0.717) is 12.4 Å². The quantitative estimate of drug-likeness (QED) is 0.785. The van der Waals surface area contributed by atoms with E-state index in [1.54, 1.807) is 0 Å². The number of carbonyl (C=O) groups excluding carboxylic acids is 1. The van der Waals surface area contributed by atoms with Gasteiger partial charge >= 0.3 is 0 Å². The molecule has 3 aromatic rings. The van der Waals surface area contributed by atoms with Crippen LogP contribution in [-0.4, -0.2) is 21.9 Å². The SMILES string of the molecule is CC(=O)NC1=NCc2nnc(-c3ccccc3)c(-c3ccccc3)c21. The Morgan fingerprint density at radius 1 is 0.880 bits per heavy atom. The average molecular weight is 328 g/mol. The molecular weight excluding hydrogens is 312 g/mol. The van der Waals surface area contributed by atoms with Gasteiger partial charge in [0, 0.05) is 18.1 Å². The number of hydrogen-bond donors (Lipinski definition) is 1. The van der Waals surface area contributed by atoms with Gasteiger partial charge in [-0.05, 0) is 5.56 Å². The lowest BCUT2D eigenvalue weighted by Gasteiger charge is -2.15. The second kappa shape index (κ2) is 6.28. The molecule has 0 saturated heterocycles. The molecule has 2 aromatic carbocycles. The standard InChI is InChI=1S/C20H16N4O/c1-13(25)22-20-18-16(12-21-20)23-24-19(15-10-6-3-7-11-15)17(18)14-8-4-2-5-9-14/h2-11H,12H2,1H3,(H,21,22,25). The number of benzene rings is 2.